The topological polar surface area (TPSA) is 152 Å². The third kappa shape index (κ3) is 4.49. The molecule has 3 rings (SSSR count). The number of fused-ring (bicyclic) bond motifs is 3. The van der Waals surface area contributed by atoms with Crippen molar-refractivity contribution < 1.29 is 43.9 Å². The predicted octanol–water partition coefficient (Wildman–Crippen LogP) is 2.02. The van der Waals surface area contributed by atoms with Crippen LogP contribution in [0.1, 0.15) is 74.7 Å². The van der Waals surface area contributed by atoms with Crippen LogP contribution in [0.5, 0.6) is 0 Å². The van der Waals surface area contributed by atoms with Gasteiger partial charge in [-0.2, -0.15) is 0 Å². The van der Waals surface area contributed by atoms with Crippen LogP contribution in [-0.4, -0.2) is 80.4 Å². The molecule has 0 aromatic heterocycles. The number of aliphatic hydroxyl groups excluding tert-OH is 2. The summed E-state index contributed by atoms with van der Waals surface area (Å²) in [5.74, 6) is -2.26. The fraction of sp³-hybridized carbons (Fsp3) is 0.815. The maximum atomic E-state index is 13.7. The van der Waals surface area contributed by atoms with Crippen molar-refractivity contribution >= 4 is 17.8 Å². The van der Waals surface area contributed by atoms with Crippen LogP contribution in [0, 0.1) is 16.7 Å². The van der Waals surface area contributed by atoms with E-state index in [0.717, 1.165) is 0 Å². The Bertz CT molecular complexity index is 973. The Morgan fingerprint density at radius 2 is 1.78 bits per heavy atom. The molecule has 0 unspecified atom stereocenters. The molecule has 4 N–H and O–H groups in total. The van der Waals surface area contributed by atoms with E-state index in [9.17, 15) is 29.7 Å². The Morgan fingerprint density at radius 3 is 2.32 bits per heavy atom. The molecule has 0 bridgehead atoms. The summed E-state index contributed by atoms with van der Waals surface area (Å²) in [4.78, 5) is 38.7. The number of ether oxygens (including phenoxy) is 3. The van der Waals surface area contributed by atoms with Crippen molar-refractivity contribution in [3.8, 4) is 0 Å². The minimum Gasteiger partial charge on any atom is -0.458 e. The quantitative estimate of drug-likeness (QED) is 0.319. The first-order valence-corrected chi connectivity index (χ1v) is 12.8. The number of carbonyl (C=O) groups is 3. The molecule has 2 saturated carbocycles. The molecular weight excluding hydrogens is 482 g/mol. The predicted molar refractivity (Wildman–Crippen MR) is 133 cm³/mol. The standard InChI is InChI=1S/C27H43NO9/c1-10-24(7)13-16(30)27(34)25(8)15(29)11-12-23(5,6)19(25)18(20(32)26(27,9)37-24)35-17(31)14-28-21(33)36-22(2,3)4/h10,15,18-20,29,32,34H,1,11-14H2,2-9H3,(H,28,33)/t15-,18-,19-,20-,24-,25-,26+,27-/m0/s1. The maximum absolute atomic E-state index is 13.7. The zero-order chi connectivity index (χ0) is 28.4. The molecule has 210 valence electrons. The van der Waals surface area contributed by atoms with Gasteiger partial charge in [-0.3, -0.25) is 9.59 Å². The van der Waals surface area contributed by atoms with Gasteiger partial charge in [0.15, 0.2) is 11.4 Å². The van der Waals surface area contributed by atoms with E-state index in [1.54, 1.807) is 34.6 Å². The average molecular weight is 526 g/mol. The third-order valence-electron chi connectivity index (χ3n) is 8.78. The van der Waals surface area contributed by atoms with Crippen molar-refractivity contribution in [2.75, 3.05) is 6.54 Å². The molecule has 8 atom stereocenters. The lowest BCUT2D eigenvalue weighted by Crippen LogP contribution is -2.86. The average Bonchev–Trinajstić information content (AvgIpc) is 2.75. The van der Waals surface area contributed by atoms with Gasteiger partial charge < -0.3 is 34.8 Å². The number of Topliss-reactive ketones (excluding diaryl/α,β-unsaturated/α-hetero) is 1. The second-order valence-corrected chi connectivity index (χ2v) is 13.1. The molecule has 1 amide bonds. The van der Waals surface area contributed by atoms with E-state index in [-0.39, 0.29) is 6.42 Å². The van der Waals surface area contributed by atoms with E-state index in [0.29, 0.717) is 12.8 Å². The molecule has 10 nitrogen and oxygen atoms in total. The monoisotopic (exact) mass is 525 g/mol. The number of nitrogens with one attached hydrogen (secondary N) is 1. The molecule has 0 radical (unpaired) electrons. The van der Waals surface area contributed by atoms with E-state index >= 15 is 0 Å². The molecule has 1 saturated heterocycles. The first-order valence-electron chi connectivity index (χ1n) is 12.8. The van der Waals surface area contributed by atoms with Crippen LogP contribution in [0.4, 0.5) is 4.79 Å². The van der Waals surface area contributed by atoms with Gasteiger partial charge in [0.25, 0.3) is 0 Å². The Hall–Kier alpha value is -2.01. The molecule has 3 aliphatic rings. The van der Waals surface area contributed by atoms with Gasteiger partial charge in [0.1, 0.15) is 30.0 Å². The van der Waals surface area contributed by atoms with E-state index in [1.165, 1.54) is 13.0 Å². The molecular formula is C27H43NO9. The van der Waals surface area contributed by atoms with Gasteiger partial charge in [0.05, 0.1) is 11.7 Å². The van der Waals surface area contributed by atoms with Gasteiger partial charge in [0, 0.05) is 17.8 Å². The Morgan fingerprint density at radius 1 is 1.19 bits per heavy atom. The number of alkyl carbamates (subject to hydrolysis) is 1. The smallest absolute Gasteiger partial charge is 0.408 e. The first kappa shape index (κ1) is 29.5. The summed E-state index contributed by atoms with van der Waals surface area (Å²) in [6, 6.07) is 0. The molecule has 1 aliphatic heterocycles. The van der Waals surface area contributed by atoms with E-state index in [2.05, 4.69) is 11.9 Å². The minimum atomic E-state index is -2.29. The first-order chi connectivity index (χ1) is 16.7. The molecule has 10 heteroatoms. The van der Waals surface area contributed by atoms with E-state index in [4.69, 9.17) is 14.2 Å². The highest BCUT2D eigenvalue weighted by molar-refractivity contribution is 5.92. The van der Waals surface area contributed by atoms with Crippen molar-refractivity contribution in [2.45, 2.75) is 115 Å². The summed E-state index contributed by atoms with van der Waals surface area (Å²) >= 11 is 0. The van der Waals surface area contributed by atoms with Crippen molar-refractivity contribution in [1.82, 2.24) is 5.32 Å². The summed E-state index contributed by atoms with van der Waals surface area (Å²) in [5, 5.41) is 37.7. The lowest BCUT2D eigenvalue weighted by molar-refractivity contribution is -0.370. The van der Waals surface area contributed by atoms with Crippen molar-refractivity contribution in [2.24, 2.45) is 16.7 Å². The zero-order valence-corrected chi connectivity index (χ0v) is 23.2. The number of aliphatic hydroxyl groups is 3. The van der Waals surface area contributed by atoms with Crippen LogP contribution in [0.25, 0.3) is 0 Å². The van der Waals surface area contributed by atoms with E-state index in [1.807, 2.05) is 13.8 Å². The van der Waals surface area contributed by atoms with Crippen LogP contribution < -0.4 is 5.32 Å². The molecule has 3 fully saturated rings. The highest BCUT2D eigenvalue weighted by Gasteiger charge is 2.81. The molecule has 2 aliphatic carbocycles. The number of amides is 1. The van der Waals surface area contributed by atoms with Crippen molar-refractivity contribution in [1.29, 1.82) is 0 Å². The molecule has 0 aromatic rings. The highest BCUT2D eigenvalue weighted by atomic mass is 16.6. The number of hydrogen-bond donors (Lipinski definition) is 4. The maximum Gasteiger partial charge on any atom is 0.408 e. The van der Waals surface area contributed by atoms with Crippen molar-refractivity contribution in [3.05, 3.63) is 12.7 Å². The summed E-state index contributed by atoms with van der Waals surface area (Å²) < 4.78 is 17.2. The number of carbonyl (C=O) groups excluding carboxylic acids is 3. The number of hydrogen-bond acceptors (Lipinski definition) is 9. The van der Waals surface area contributed by atoms with Crippen molar-refractivity contribution in [3.63, 3.8) is 0 Å². The van der Waals surface area contributed by atoms with Crippen LogP contribution >= 0.6 is 0 Å². The zero-order valence-electron chi connectivity index (χ0n) is 23.2. The van der Waals surface area contributed by atoms with Gasteiger partial charge >= 0.3 is 12.1 Å². The molecule has 0 spiro atoms. The Balaban J connectivity index is 2.05. The van der Waals surface area contributed by atoms with Gasteiger partial charge in [-0.15, -0.1) is 6.58 Å². The SMILES string of the molecule is C=C[C@@]1(C)CC(=O)[C@]2(O)[C@@]3(C)[C@@H](O)CCC(C)(C)[C@@H]3[C@H](OC(=O)CNC(=O)OC(C)(C)C)[C@H](O)[C@@]2(C)O1. The van der Waals surface area contributed by atoms with Crippen LogP contribution in [0.3, 0.4) is 0 Å². The van der Waals surface area contributed by atoms with Crippen LogP contribution in [0.2, 0.25) is 0 Å². The Labute approximate surface area is 218 Å². The summed E-state index contributed by atoms with van der Waals surface area (Å²) in [6.07, 6.45) is -2.85. The van der Waals surface area contributed by atoms with Gasteiger partial charge in [-0.05, 0) is 52.9 Å². The highest BCUT2D eigenvalue weighted by Crippen LogP contribution is 2.67. The van der Waals surface area contributed by atoms with Gasteiger partial charge in [0.2, 0.25) is 0 Å². The largest absolute Gasteiger partial charge is 0.458 e. The van der Waals surface area contributed by atoms with Crippen LogP contribution in [0.15, 0.2) is 12.7 Å². The summed E-state index contributed by atoms with van der Waals surface area (Å²) in [7, 11) is 0. The van der Waals surface area contributed by atoms with Gasteiger partial charge in [-0.1, -0.05) is 26.8 Å². The second-order valence-electron chi connectivity index (χ2n) is 13.1. The molecule has 0 aromatic carbocycles. The second kappa shape index (κ2) is 9.03. The summed E-state index contributed by atoms with van der Waals surface area (Å²) in [5.41, 5.74) is -8.40. The van der Waals surface area contributed by atoms with Gasteiger partial charge in [-0.25, -0.2) is 4.79 Å². The third-order valence-corrected chi connectivity index (χ3v) is 8.78. The molecule has 1 heterocycles. The lowest BCUT2D eigenvalue weighted by atomic mass is 9.40. The van der Waals surface area contributed by atoms with Crippen LogP contribution in [-0.2, 0) is 23.8 Å². The minimum absolute atomic E-state index is 0.199. The number of esters is 1. The molecule has 37 heavy (non-hydrogen) atoms. The lowest BCUT2D eigenvalue weighted by Gasteiger charge is -2.71. The number of ketones is 1. The Kier molecular flexibility index (Phi) is 7.21. The summed E-state index contributed by atoms with van der Waals surface area (Å²) in [6.45, 7) is 16.7. The fourth-order valence-corrected chi connectivity index (χ4v) is 7.06. The normalized spacial score (nSPS) is 43.2. The fourth-order valence-electron chi connectivity index (χ4n) is 7.06. The van der Waals surface area contributed by atoms with E-state index < -0.39 is 81.9 Å². The number of rotatable bonds is 4.